The number of hydrogen-bond acceptors (Lipinski definition) is 7. The van der Waals surface area contributed by atoms with E-state index in [0.717, 1.165) is 79.2 Å². The smallest absolute Gasteiger partial charge is 0.246 e. The first-order valence-corrected chi connectivity index (χ1v) is 13.2. The van der Waals surface area contributed by atoms with E-state index in [4.69, 9.17) is 9.15 Å². The largest absolute Gasteiger partial charge is 0.461 e. The van der Waals surface area contributed by atoms with Crippen LogP contribution in [0, 0.1) is 6.92 Å². The van der Waals surface area contributed by atoms with Gasteiger partial charge in [-0.1, -0.05) is 18.2 Å². The van der Waals surface area contributed by atoms with Gasteiger partial charge >= 0.3 is 0 Å². The van der Waals surface area contributed by atoms with Gasteiger partial charge in [0.1, 0.15) is 17.2 Å². The molecule has 1 N–H and O–H groups in total. The van der Waals surface area contributed by atoms with Crippen LogP contribution in [0.15, 0.2) is 47.0 Å². The number of pyridine rings is 1. The van der Waals surface area contributed by atoms with Gasteiger partial charge in [0.05, 0.1) is 19.8 Å². The number of aromatic nitrogens is 1. The number of likely N-dealkylation sites (N-methyl/N-ethyl adjacent to an activating group) is 1. The molecular weight excluding hydrogens is 482 g/mol. The van der Waals surface area contributed by atoms with Crippen LogP contribution in [0.25, 0.3) is 17.0 Å². The first kappa shape index (κ1) is 26.1. The molecule has 1 saturated heterocycles. The third-order valence-electron chi connectivity index (χ3n) is 7.15. The number of para-hydroxylation sites is 1. The summed E-state index contributed by atoms with van der Waals surface area (Å²) < 4.78 is 11.3. The second kappa shape index (κ2) is 11.9. The van der Waals surface area contributed by atoms with Crippen LogP contribution in [0.3, 0.4) is 0 Å². The van der Waals surface area contributed by atoms with Crippen LogP contribution in [0.2, 0.25) is 0 Å². The Bertz CT molecular complexity index is 1330. The van der Waals surface area contributed by atoms with Gasteiger partial charge in [-0.05, 0) is 43.7 Å². The minimum atomic E-state index is -0.109. The summed E-state index contributed by atoms with van der Waals surface area (Å²) in [5.41, 5.74) is 3.61. The molecule has 3 aromatic rings. The van der Waals surface area contributed by atoms with Gasteiger partial charge in [-0.25, -0.2) is 4.98 Å². The number of nitrogens with zero attached hydrogens (tertiary/aromatic N) is 4. The van der Waals surface area contributed by atoms with Gasteiger partial charge in [0.15, 0.2) is 0 Å². The van der Waals surface area contributed by atoms with E-state index in [9.17, 15) is 9.59 Å². The fourth-order valence-electron chi connectivity index (χ4n) is 5.05. The zero-order chi connectivity index (χ0) is 26.5. The monoisotopic (exact) mass is 517 g/mol. The number of carbonyl (C=O) groups excluding carboxylic acids is 2. The summed E-state index contributed by atoms with van der Waals surface area (Å²) in [5.74, 6) is 1.25. The summed E-state index contributed by atoms with van der Waals surface area (Å²) in [7, 11) is 1.79. The van der Waals surface area contributed by atoms with Crippen molar-refractivity contribution in [2.45, 2.75) is 26.4 Å². The highest BCUT2D eigenvalue weighted by atomic mass is 16.5. The topological polar surface area (TPSA) is 91.2 Å². The standard InChI is InChI=1S/C29H35N5O4/c1-21-25(24-6-3-4-7-26(24)38-21)19-32(2)28(36)9-8-22-16-23-18-34(20-27(35)31-29(23)30-17-22)11-5-10-33-12-14-37-15-13-33/h3-4,6-9,16-17H,5,10-15,18-20H2,1-2H3,(H,30,31,35)/b9-8+. The Kier molecular flexibility index (Phi) is 8.17. The third kappa shape index (κ3) is 6.30. The predicted octanol–water partition coefficient (Wildman–Crippen LogP) is 3.28. The number of morpholine rings is 1. The Morgan fingerprint density at radius 2 is 1.95 bits per heavy atom. The summed E-state index contributed by atoms with van der Waals surface area (Å²) in [6, 6.07) is 9.87. The molecule has 2 aliphatic rings. The van der Waals surface area contributed by atoms with Crippen LogP contribution >= 0.6 is 0 Å². The van der Waals surface area contributed by atoms with Crippen molar-refractivity contribution < 1.29 is 18.7 Å². The normalized spacial score (nSPS) is 16.9. The number of hydrogen-bond donors (Lipinski definition) is 1. The average molecular weight is 518 g/mol. The van der Waals surface area contributed by atoms with E-state index in [2.05, 4.69) is 20.1 Å². The first-order valence-electron chi connectivity index (χ1n) is 13.2. The van der Waals surface area contributed by atoms with Gasteiger partial charge in [-0.3, -0.25) is 19.4 Å². The van der Waals surface area contributed by atoms with Gasteiger partial charge in [0.2, 0.25) is 11.8 Å². The van der Waals surface area contributed by atoms with Crippen LogP contribution in [-0.4, -0.2) is 84.5 Å². The number of anilines is 1. The van der Waals surface area contributed by atoms with Crippen molar-refractivity contribution >= 4 is 34.7 Å². The molecule has 2 aliphatic heterocycles. The summed E-state index contributed by atoms with van der Waals surface area (Å²) in [6.07, 6.45) is 6.02. The minimum Gasteiger partial charge on any atom is -0.461 e. The molecule has 0 spiro atoms. The van der Waals surface area contributed by atoms with Crippen molar-refractivity contribution in [1.82, 2.24) is 19.7 Å². The van der Waals surface area contributed by atoms with Gasteiger partial charge in [0, 0.05) is 68.6 Å². The van der Waals surface area contributed by atoms with Crippen LogP contribution < -0.4 is 5.32 Å². The van der Waals surface area contributed by atoms with E-state index in [1.165, 1.54) is 0 Å². The third-order valence-corrected chi connectivity index (χ3v) is 7.15. The molecular formula is C29H35N5O4. The highest BCUT2D eigenvalue weighted by Crippen LogP contribution is 2.26. The van der Waals surface area contributed by atoms with E-state index in [0.29, 0.717) is 25.5 Å². The maximum Gasteiger partial charge on any atom is 0.246 e. The molecule has 0 radical (unpaired) electrons. The SMILES string of the molecule is Cc1oc2ccccc2c1CN(C)C(=O)/C=C/c1cnc2c(c1)CN(CCCN1CCOCC1)CC(=O)N2. The van der Waals surface area contributed by atoms with Gasteiger partial charge < -0.3 is 19.4 Å². The highest BCUT2D eigenvalue weighted by Gasteiger charge is 2.21. The lowest BCUT2D eigenvalue weighted by molar-refractivity contribution is -0.125. The Balaban J connectivity index is 1.21. The number of nitrogens with one attached hydrogen (secondary N) is 1. The zero-order valence-electron chi connectivity index (χ0n) is 22.1. The molecule has 9 heteroatoms. The number of ether oxygens (including phenoxy) is 1. The summed E-state index contributed by atoms with van der Waals surface area (Å²) >= 11 is 0. The number of carbonyl (C=O) groups is 2. The molecule has 0 aliphatic carbocycles. The minimum absolute atomic E-state index is 0.0511. The molecule has 38 heavy (non-hydrogen) atoms. The highest BCUT2D eigenvalue weighted by molar-refractivity contribution is 5.94. The van der Waals surface area contributed by atoms with Crippen molar-refractivity contribution in [1.29, 1.82) is 0 Å². The van der Waals surface area contributed by atoms with Crippen molar-refractivity contribution in [2.75, 3.05) is 58.3 Å². The molecule has 5 rings (SSSR count). The predicted molar refractivity (Wildman–Crippen MR) is 146 cm³/mol. The van der Waals surface area contributed by atoms with Crippen molar-refractivity contribution in [2.24, 2.45) is 0 Å². The Labute approximate surface area is 223 Å². The maximum atomic E-state index is 12.9. The number of aryl methyl sites for hydroxylation is 1. The maximum absolute atomic E-state index is 12.9. The zero-order valence-corrected chi connectivity index (χ0v) is 22.1. The van der Waals surface area contributed by atoms with Crippen molar-refractivity contribution in [3.05, 3.63) is 65.1 Å². The molecule has 0 bridgehead atoms. The lowest BCUT2D eigenvalue weighted by Crippen LogP contribution is -2.38. The van der Waals surface area contributed by atoms with E-state index in [1.54, 1.807) is 30.3 Å². The Hall–Kier alpha value is -3.53. The molecule has 2 aromatic heterocycles. The number of furan rings is 1. The molecule has 200 valence electrons. The molecule has 0 saturated carbocycles. The Morgan fingerprint density at radius 3 is 2.79 bits per heavy atom. The number of rotatable bonds is 8. The lowest BCUT2D eigenvalue weighted by Gasteiger charge is -2.27. The van der Waals surface area contributed by atoms with E-state index >= 15 is 0 Å². The number of fused-ring (bicyclic) bond motifs is 2. The molecule has 0 atom stereocenters. The molecule has 0 unspecified atom stereocenters. The van der Waals surface area contributed by atoms with Crippen LogP contribution in [0.4, 0.5) is 5.82 Å². The van der Waals surface area contributed by atoms with Crippen LogP contribution in [0.5, 0.6) is 0 Å². The average Bonchev–Trinajstić information content (AvgIpc) is 3.13. The summed E-state index contributed by atoms with van der Waals surface area (Å²) in [5, 5.41) is 3.95. The van der Waals surface area contributed by atoms with E-state index in [1.807, 2.05) is 37.3 Å². The molecule has 2 amide bonds. The van der Waals surface area contributed by atoms with Crippen molar-refractivity contribution in [3.63, 3.8) is 0 Å². The van der Waals surface area contributed by atoms with Gasteiger partial charge in [-0.2, -0.15) is 0 Å². The Morgan fingerprint density at radius 1 is 1.16 bits per heavy atom. The van der Waals surface area contributed by atoms with E-state index < -0.39 is 0 Å². The molecule has 1 fully saturated rings. The first-order chi connectivity index (χ1) is 18.5. The quantitative estimate of drug-likeness (QED) is 0.459. The summed E-state index contributed by atoms with van der Waals surface area (Å²) in [6.45, 7) is 8.70. The second-order valence-corrected chi connectivity index (χ2v) is 10.0. The van der Waals surface area contributed by atoms with Gasteiger partial charge in [0.25, 0.3) is 0 Å². The van der Waals surface area contributed by atoms with Crippen LogP contribution in [0.1, 0.15) is 28.9 Å². The second-order valence-electron chi connectivity index (χ2n) is 10.0. The number of benzene rings is 1. The molecule has 4 heterocycles. The van der Waals surface area contributed by atoms with Gasteiger partial charge in [-0.15, -0.1) is 0 Å². The molecule has 9 nitrogen and oxygen atoms in total. The molecule has 1 aromatic carbocycles. The fraction of sp³-hybridized carbons (Fsp3) is 0.414. The number of amides is 2. The summed E-state index contributed by atoms with van der Waals surface area (Å²) in [4.78, 5) is 36.0. The van der Waals surface area contributed by atoms with Crippen molar-refractivity contribution in [3.8, 4) is 0 Å². The fourth-order valence-corrected chi connectivity index (χ4v) is 5.05. The van der Waals surface area contributed by atoms with E-state index in [-0.39, 0.29) is 11.8 Å². The van der Waals surface area contributed by atoms with Crippen LogP contribution in [-0.2, 0) is 27.4 Å². The lowest BCUT2D eigenvalue weighted by atomic mass is 10.1.